The molecule has 0 aliphatic carbocycles. The van der Waals surface area contributed by atoms with E-state index in [0.29, 0.717) is 35.7 Å². The Kier molecular flexibility index (Phi) is 6.39. The number of rotatable bonds is 7. The van der Waals surface area contributed by atoms with Gasteiger partial charge in [-0.25, -0.2) is 8.42 Å². The van der Waals surface area contributed by atoms with Crippen LogP contribution >= 0.6 is 0 Å². The first-order valence-corrected chi connectivity index (χ1v) is 10.9. The Balaban J connectivity index is 1.84. The van der Waals surface area contributed by atoms with Crippen LogP contribution in [0.1, 0.15) is 30.4 Å². The van der Waals surface area contributed by atoms with E-state index in [0.717, 1.165) is 19.3 Å². The molecular formula is C20H25N3O5S. The van der Waals surface area contributed by atoms with Crippen molar-refractivity contribution in [2.75, 3.05) is 25.5 Å². The predicted octanol–water partition coefficient (Wildman–Crippen LogP) is 3.70. The van der Waals surface area contributed by atoms with Crippen molar-refractivity contribution < 1.29 is 18.1 Å². The molecule has 1 aliphatic heterocycles. The molecule has 0 bridgehead atoms. The number of benzene rings is 2. The van der Waals surface area contributed by atoms with Crippen LogP contribution in [0.5, 0.6) is 5.75 Å². The Morgan fingerprint density at radius 2 is 1.86 bits per heavy atom. The molecule has 156 valence electrons. The molecule has 0 unspecified atom stereocenters. The van der Waals surface area contributed by atoms with Crippen molar-refractivity contribution >= 4 is 21.4 Å². The van der Waals surface area contributed by atoms with Crippen LogP contribution in [0.15, 0.2) is 41.3 Å². The molecule has 1 saturated heterocycles. The summed E-state index contributed by atoms with van der Waals surface area (Å²) in [5.74, 6) is 0.524. The van der Waals surface area contributed by atoms with Gasteiger partial charge in [-0.3, -0.25) is 10.1 Å². The number of hydrogen-bond donors (Lipinski definition) is 1. The highest BCUT2D eigenvalue weighted by atomic mass is 32.2. The van der Waals surface area contributed by atoms with E-state index in [1.807, 2.05) is 0 Å². The zero-order valence-electron chi connectivity index (χ0n) is 16.6. The quantitative estimate of drug-likeness (QED) is 0.542. The first-order valence-electron chi connectivity index (χ1n) is 9.49. The third-order valence-electron chi connectivity index (χ3n) is 5.08. The molecule has 9 heteroatoms. The number of nitrogens with one attached hydrogen (secondary N) is 1. The zero-order valence-corrected chi connectivity index (χ0v) is 17.4. The van der Waals surface area contributed by atoms with Gasteiger partial charge < -0.3 is 10.1 Å². The van der Waals surface area contributed by atoms with Gasteiger partial charge in [-0.1, -0.05) is 12.5 Å². The molecule has 1 N–H and O–H groups in total. The smallest absolute Gasteiger partial charge is 0.270 e. The van der Waals surface area contributed by atoms with Crippen molar-refractivity contribution in [3.8, 4) is 5.75 Å². The summed E-state index contributed by atoms with van der Waals surface area (Å²) in [4.78, 5) is 10.9. The number of anilines is 1. The fourth-order valence-corrected chi connectivity index (χ4v) is 5.21. The summed E-state index contributed by atoms with van der Waals surface area (Å²) < 4.78 is 32.9. The second-order valence-electron chi connectivity index (χ2n) is 7.05. The average molecular weight is 420 g/mol. The van der Waals surface area contributed by atoms with E-state index in [1.165, 1.54) is 19.2 Å². The first-order chi connectivity index (χ1) is 13.8. The van der Waals surface area contributed by atoms with Crippen molar-refractivity contribution in [3.05, 3.63) is 57.6 Å². The maximum absolute atomic E-state index is 13.1. The van der Waals surface area contributed by atoms with Crippen LogP contribution in [0.3, 0.4) is 0 Å². The van der Waals surface area contributed by atoms with E-state index in [-0.39, 0.29) is 17.1 Å². The van der Waals surface area contributed by atoms with Gasteiger partial charge >= 0.3 is 0 Å². The maximum atomic E-state index is 13.1. The monoisotopic (exact) mass is 419 g/mol. The summed E-state index contributed by atoms with van der Waals surface area (Å²) in [6.07, 6.45) is 2.81. The Bertz CT molecular complexity index is 1000. The lowest BCUT2D eigenvalue weighted by atomic mass is 10.1. The summed E-state index contributed by atoms with van der Waals surface area (Å²) in [6, 6.07) is 9.58. The van der Waals surface area contributed by atoms with E-state index < -0.39 is 14.9 Å². The fraction of sp³-hybridized carbons (Fsp3) is 0.400. The Hall–Kier alpha value is -2.65. The Morgan fingerprint density at radius 3 is 2.52 bits per heavy atom. The van der Waals surface area contributed by atoms with E-state index in [4.69, 9.17) is 4.74 Å². The van der Waals surface area contributed by atoms with Crippen molar-refractivity contribution in [2.45, 2.75) is 37.6 Å². The number of sulfonamides is 1. The molecule has 0 saturated carbocycles. The SMILES string of the molecule is COc1ccc([N+](=O)[O-])cc1CNc1ccc(C)c(S(=O)(=O)N2CCCCC2)c1. The number of methoxy groups -OCH3 is 1. The second kappa shape index (κ2) is 8.79. The van der Waals surface area contributed by atoms with Gasteiger partial charge in [-0.05, 0) is 43.5 Å². The van der Waals surface area contributed by atoms with Crippen molar-refractivity contribution in [1.29, 1.82) is 0 Å². The number of piperidine rings is 1. The molecule has 8 nitrogen and oxygen atoms in total. The maximum Gasteiger partial charge on any atom is 0.270 e. The van der Waals surface area contributed by atoms with Crippen molar-refractivity contribution in [3.63, 3.8) is 0 Å². The van der Waals surface area contributed by atoms with Crippen molar-refractivity contribution in [2.24, 2.45) is 0 Å². The van der Waals surface area contributed by atoms with Crippen LogP contribution in [-0.2, 0) is 16.6 Å². The molecule has 0 atom stereocenters. The minimum Gasteiger partial charge on any atom is -0.496 e. The summed E-state index contributed by atoms with van der Waals surface area (Å²) in [7, 11) is -2.05. The van der Waals surface area contributed by atoms with Crippen LogP contribution in [-0.4, -0.2) is 37.8 Å². The van der Waals surface area contributed by atoms with Gasteiger partial charge in [-0.2, -0.15) is 4.31 Å². The van der Waals surface area contributed by atoms with Crippen LogP contribution in [0.2, 0.25) is 0 Å². The number of nitro benzene ring substituents is 1. The predicted molar refractivity (Wildman–Crippen MR) is 111 cm³/mol. The molecule has 2 aromatic carbocycles. The number of nitro groups is 1. The van der Waals surface area contributed by atoms with E-state index in [2.05, 4.69) is 5.32 Å². The molecule has 0 amide bonds. The molecule has 0 radical (unpaired) electrons. The van der Waals surface area contributed by atoms with Gasteiger partial charge in [0.2, 0.25) is 10.0 Å². The standard InChI is InChI=1S/C20H25N3O5S/c1-15-6-7-17(13-20(15)29(26,27)22-10-4-3-5-11-22)21-14-16-12-18(23(24)25)8-9-19(16)28-2/h6-9,12-13,21H,3-5,10-11,14H2,1-2H3. The van der Waals surface area contributed by atoms with Gasteiger partial charge in [-0.15, -0.1) is 0 Å². The highest BCUT2D eigenvalue weighted by Gasteiger charge is 2.27. The number of ether oxygens (including phenoxy) is 1. The van der Waals surface area contributed by atoms with Gasteiger partial charge in [0, 0.05) is 43.0 Å². The molecule has 1 fully saturated rings. The summed E-state index contributed by atoms with van der Waals surface area (Å²) >= 11 is 0. The van der Waals surface area contributed by atoms with E-state index in [9.17, 15) is 18.5 Å². The van der Waals surface area contributed by atoms with Crippen LogP contribution in [0.25, 0.3) is 0 Å². The highest BCUT2D eigenvalue weighted by Crippen LogP contribution is 2.28. The second-order valence-corrected chi connectivity index (χ2v) is 8.96. The molecule has 0 aromatic heterocycles. The largest absolute Gasteiger partial charge is 0.496 e. The molecule has 3 rings (SSSR count). The highest BCUT2D eigenvalue weighted by molar-refractivity contribution is 7.89. The summed E-state index contributed by atoms with van der Waals surface area (Å²) in [5.41, 5.74) is 1.90. The van der Waals surface area contributed by atoms with Crippen molar-refractivity contribution in [1.82, 2.24) is 4.31 Å². The lowest BCUT2D eigenvalue weighted by molar-refractivity contribution is -0.384. The number of aryl methyl sites for hydroxylation is 1. The topological polar surface area (TPSA) is 102 Å². The third kappa shape index (κ3) is 4.68. The van der Waals surface area contributed by atoms with Crippen LogP contribution in [0.4, 0.5) is 11.4 Å². The zero-order chi connectivity index (χ0) is 21.0. The first kappa shape index (κ1) is 21.1. The molecule has 0 spiro atoms. The van der Waals surface area contributed by atoms with Crippen LogP contribution < -0.4 is 10.1 Å². The Morgan fingerprint density at radius 1 is 1.14 bits per heavy atom. The minimum atomic E-state index is -3.55. The van der Waals surface area contributed by atoms with E-state index in [1.54, 1.807) is 35.5 Å². The lowest BCUT2D eigenvalue weighted by Gasteiger charge is -2.26. The normalized spacial score (nSPS) is 15.1. The van der Waals surface area contributed by atoms with Gasteiger partial charge in [0.05, 0.1) is 16.9 Å². The number of non-ortho nitro benzene ring substituents is 1. The molecule has 2 aromatic rings. The fourth-order valence-electron chi connectivity index (χ4n) is 3.45. The summed E-state index contributed by atoms with van der Waals surface area (Å²) in [6.45, 7) is 3.13. The third-order valence-corrected chi connectivity index (χ3v) is 7.12. The molecule has 1 aliphatic rings. The lowest BCUT2D eigenvalue weighted by Crippen LogP contribution is -2.36. The molecular weight excluding hydrogens is 394 g/mol. The molecule has 29 heavy (non-hydrogen) atoms. The average Bonchev–Trinajstić information content (AvgIpc) is 2.73. The number of hydrogen-bond acceptors (Lipinski definition) is 6. The van der Waals surface area contributed by atoms with Crippen LogP contribution in [0, 0.1) is 17.0 Å². The summed E-state index contributed by atoms with van der Waals surface area (Å²) in [5, 5.41) is 14.2. The minimum absolute atomic E-state index is 0.0279. The number of nitrogens with zero attached hydrogens (tertiary/aromatic N) is 2. The van der Waals surface area contributed by atoms with E-state index >= 15 is 0 Å². The molecule has 1 heterocycles. The Labute approximate surface area is 170 Å². The van der Waals surface area contributed by atoms with Gasteiger partial charge in [0.15, 0.2) is 0 Å². The van der Waals surface area contributed by atoms with Gasteiger partial charge in [0.1, 0.15) is 5.75 Å². The van der Waals surface area contributed by atoms with Gasteiger partial charge in [0.25, 0.3) is 5.69 Å².